The molecule has 1 N–H and O–H groups in total. The summed E-state index contributed by atoms with van der Waals surface area (Å²) in [4.78, 5) is 25.5. The predicted molar refractivity (Wildman–Crippen MR) is 90.0 cm³/mol. The molecule has 1 heterocycles. The third-order valence-electron chi connectivity index (χ3n) is 5.94. The fraction of sp³-hybridized carbons (Fsp3) is 0.389. The third kappa shape index (κ3) is 1.83. The molecular formula is C18H15BrN2O3. The van der Waals surface area contributed by atoms with Gasteiger partial charge in [0.05, 0.1) is 18.1 Å². The van der Waals surface area contributed by atoms with E-state index in [0.717, 1.165) is 15.9 Å². The van der Waals surface area contributed by atoms with Crippen molar-refractivity contribution >= 4 is 34.0 Å². The summed E-state index contributed by atoms with van der Waals surface area (Å²) in [6.07, 6.45) is 6.80. The Bertz CT molecular complexity index is 798. The van der Waals surface area contributed by atoms with Crippen molar-refractivity contribution in [3.8, 4) is 5.75 Å². The van der Waals surface area contributed by atoms with Gasteiger partial charge >= 0.3 is 0 Å². The van der Waals surface area contributed by atoms with Crippen LogP contribution in [0.15, 0.2) is 39.9 Å². The lowest BCUT2D eigenvalue weighted by Crippen LogP contribution is -2.40. The Morgan fingerprint density at radius 3 is 2.38 bits per heavy atom. The van der Waals surface area contributed by atoms with Gasteiger partial charge in [-0.3, -0.25) is 9.59 Å². The van der Waals surface area contributed by atoms with Crippen LogP contribution in [0.2, 0.25) is 0 Å². The van der Waals surface area contributed by atoms with E-state index in [9.17, 15) is 14.7 Å². The van der Waals surface area contributed by atoms with Crippen LogP contribution in [0, 0.1) is 35.5 Å². The molecule has 6 rings (SSSR count). The second-order valence-electron chi connectivity index (χ2n) is 7.09. The van der Waals surface area contributed by atoms with E-state index in [1.54, 1.807) is 12.1 Å². The smallest absolute Gasteiger partial charge is 0.254 e. The molecule has 1 aliphatic heterocycles. The molecule has 24 heavy (non-hydrogen) atoms. The van der Waals surface area contributed by atoms with Crippen LogP contribution >= 0.6 is 15.9 Å². The highest BCUT2D eigenvalue weighted by atomic mass is 79.9. The lowest BCUT2D eigenvalue weighted by Gasteiger charge is -2.37. The maximum Gasteiger partial charge on any atom is 0.254 e. The first-order valence-corrected chi connectivity index (χ1v) is 8.94. The zero-order chi connectivity index (χ0) is 16.6. The number of carbonyl (C=O) groups excluding carboxylic acids is 2. The molecule has 122 valence electrons. The first kappa shape index (κ1) is 14.4. The van der Waals surface area contributed by atoms with Gasteiger partial charge in [0, 0.05) is 10.0 Å². The van der Waals surface area contributed by atoms with E-state index in [4.69, 9.17) is 0 Å². The number of phenolic OH excluding ortho intramolecular Hbond substituents is 1. The number of nitrogens with zero attached hydrogens (tertiary/aromatic N) is 2. The monoisotopic (exact) mass is 386 g/mol. The summed E-state index contributed by atoms with van der Waals surface area (Å²) in [7, 11) is 0. The number of rotatable bonds is 2. The predicted octanol–water partition coefficient (Wildman–Crippen LogP) is 2.54. The maximum atomic E-state index is 12.8. The molecule has 1 saturated heterocycles. The molecule has 0 aromatic heterocycles. The van der Waals surface area contributed by atoms with Gasteiger partial charge in [0.1, 0.15) is 5.75 Å². The van der Waals surface area contributed by atoms with Gasteiger partial charge in [-0.2, -0.15) is 10.1 Å². The Hall–Kier alpha value is -1.95. The number of benzene rings is 1. The molecule has 5 aliphatic rings. The number of imide groups is 1. The molecule has 1 aromatic carbocycles. The van der Waals surface area contributed by atoms with Gasteiger partial charge in [-0.15, -0.1) is 0 Å². The maximum absolute atomic E-state index is 12.8. The summed E-state index contributed by atoms with van der Waals surface area (Å²) in [5, 5.41) is 15.0. The van der Waals surface area contributed by atoms with E-state index >= 15 is 0 Å². The van der Waals surface area contributed by atoms with Gasteiger partial charge < -0.3 is 5.11 Å². The van der Waals surface area contributed by atoms with Gasteiger partial charge in [0.25, 0.3) is 11.8 Å². The van der Waals surface area contributed by atoms with E-state index in [-0.39, 0.29) is 41.2 Å². The Morgan fingerprint density at radius 1 is 1.12 bits per heavy atom. The van der Waals surface area contributed by atoms with Crippen molar-refractivity contribution in [1.29, 1.82) is 0 Å². The van der Waals surface area contributed by atoms with E-state index in [0.29, 0.717) is 17.4 Å². The van der Waals surface area contributed by atoms with Crippen LogP contribution in [0.3, 0.4) is 0 Å². The first-order valence-electron chi connectivity index (χ1n) is 8.15. The zero-order valence-corrected chi connectivity index (χ0v) is 14.3. The molecule has 5 nitrogen and oxygen atoms in total. The second-order valence-corrected chi connectivity index (χ2v) is 8.01. The lowest BCUT2D eigenvalue weighted by atomic mass is 9.63. The highest BCUT2D eigenvalue weighted by Gasteiger charge is 2.67. The highest BCUT2D eigenvalue weighted by molar-refractivity contribution is 9.10. The Morgan fingerprint density at radius 2 is 1.75 bits per heavy atom. The van der Waals surface area contributed by atoms with Gasteiger partial charge in [0.15, 0.2) is 0 Å². The number of hydrogen-bond donors (Lipinski definition) is 1. The largest absolute Gasteiger partial charge is 0.507 e. The summed E-state index contributed by atoms with van der Waals surface area (Å²) in [6.45, 7) is 0. The van der Waals surface area contributed by atoms with Crippen molar-refractivity contribution in [3.63, 3.8) is 0 Å². The summed E-state index contributed by atoms with van der Waals surface area (Å²) in [5.41, 5.74) is 0.462. The van der Waals surface area contributed by atoms with Crippen molar-refractivity contribution < 1.29 is 14.7 Å². The fourth-order valence-electron chi connectivity index (χ4n) is 4.80. The number of hydrogen-bond acceptors (Lipinski definition) is 4. The molecule has 2 saturated carbocycles. The lowest BCUT2D eigenvalue weighted by molar-refractivity contribution is -0.140. The van der Waals surface area contributed by atoms with E-state index in [2.05, 4.69) is 33.2 Å². The van der Waals surface area contributed by atoms with Gasteiger partial charge in [-0.1, -0.05) is 28.1 Å². The van der Waals surface area contributed by atoms with Crippen LogP contribution in [0.1, 0.15) is 12.0 Å². The van der Waals surface area contributed by atoms with Crippen molar-refractivity contribution in [1.82, 2.24) is 5.01 Å². The number of amides is 2. The van der Waals surface area contributed by atoms with Gasteiger partial charge in [0.2, 0.25) is 0 Å². The summed E-state index contributed by atoms with van der Waals surface area (Å²) >= 11 is 3.33. The average molecular weight is 387 g/mol. The van der Waals surface area contributed by atoms with Crippen LogP contribution in [-0.2, 0) is 9.59 Å². The molecule has 6 atom stereocenters. The number of aromatic hydroxyl groups is 1. The topological polar surface area (TPSA) is 70.0 Å². The van der Waals surface area contributed by atoms with Gasteiger partial charge in [-0.05, 0) is 48.3 Å². The third-order valence-corrected chi connectivity index (χ3v) is 6.43. The Balaban J connectivity index is 1.46. The molecule has 0 unspecified atom stereocenters. The second kappa shape index (κ2) is 4.79. The van der Waals surface area contributed by atoms with E-state index in [1.807, 2.05) is 0 Å². The van der Waals surface area contributed by atoms with E-state index in [1.165, 1.54) is 12.3 Å². The summed E-state index contributed by atoms with van der Waals surface area (Å²) < 4.78 is 0.789. The van der Waals surface area contributed by atoms with Crippen LogP contribution < -0.4 is 0 Å². The normalized spacial score (nSPS) is 38.8. The van der Waals surface area contributed by atoms with Crippen LogP contribution in [0.25, 0.3) is 0 Å². The van der Waals surface area contributed by atoms with Crippen molar-refractivity contribution in [2.45, 2.75) is 6.42 Å². The SMILES string of the molecule is O=C1[C@@H]2[C@H]3C=C[C@@H]([C@@H]4C[C@@H]34)[C@@H]2C(=O)N1N=Cc1cc(Br)ccc1O. The zero-order valence-electron chi connectivity index (χ0n) is 12.7. The minimum atomic E-state index is -0.246. The quantitative estimate of drug-likeness (QED) is 0.482. The first-order chi connectivity index (χ1) is 11.6. The van der Waals surface area contributed by atoms with Crippen molar-refractivity contribution in [2.24, 2.45) is 40.6 Å². The number of halogens is 1. The molecular weight excluding hydrogens is 372 g/mol. The van der Waals surface area contributed by atoms with Crippen LogP contribution in [0.5, 0.6) is 5.75 Å². The molecule has 2 bridgehead atoms. The molecule has 6 heteroatoms. The van der Waals surface area contributed by atoms with E-state index < -0.39 is 0 Å². The Kier molecular flexibility index (Phi) is 2.87. The summed E-state index contributed by atoms with van der Waals surface area (Å²) in [5.74, 6) is 0.727. The minimum Gasteiger partial charge on any atom is -0.507 e. The van der Waals surface area contributed by atoms with Crippen molar-refractivity contribution in [3.05, 3.63) is 40.4 Å². The summed E-state index contributed by atoms with van der Waals surface area (Å²) in [6, 6.07) is 4.94. The molecule has 2 amide bonds. The molecule has 4 aliphatic carbocycles. The minimum absolute atomic E-state index is 0.0569. The van der Waals surface area contributed by atoms with Crippen LogP contribution in [-0.4, -0.2) is 28.1 Å². The number of hydrazone groups is 1. The highest BCUT2D eigenvalue weighted by Crippen LogP contribution is 2.65. The average Bonchev–Trinajstić information content (AvgIpc) is 3.35. The molecule has 0 spiro atoms. The number of carbonyl (C=O) groups is 2. The number of phenols is 1. The van der Waals surface area contributed by atoms with Crippen molar-refractivity contribution in [2.75, 3.05) is 0 Å². The van der Waals surface area contributed by atoms with Crippen LogP contribution in [0.4, 0.5) is 0 Å². The Labute approximate surface area is 147 Å². The number of allylic oxidation sites excluding steroid dienone is 2. The standard InChI is InChI=1S/C18H15BrN2O3/c19-9-1-4-14(22)8(5-9)7-20-21-17(23)15-10-2-3-11(13-6-12(10)13)16(15)18(21)24/h1-5,7,10-13,15-16,22H,6H2/t10-,11-,12-,13-,15-,16+/m0/s1. The molecule has 3 fully saturated rings. The van der Waals surface area contributed by atoms with Gasteiger partial charge in [-0.25, -0.2) is 0 Å². The molecule has 1 aromatic rings. The molecule has 0 radical (unpaired) electrons. The fourth-order valence-corrected chi connectivity index (χ4v) is 5.18.